The van der Waals surface area contributed by atoms with E-state index in [4.69, 9.17) is 0 Å². The highest BCUT2D eigenvalue weighted by atomic mass is 32.1. The van der Waals surface area contributed by atoms with Crippen LogP contribution in [-0.2, 0) is 6.42 Å². The SMILES string of the molecule is CC(C)(C)CCC1(Cc2csc3ccc(F)cc23)CCNC1. The van der Waals surface area contributed by atoms with Crippen LogP contribution in [0.15, 0.2) is 23.6 Å². The molecule has 1 unspecified atom stereocenters. The Morgan fingerprint density at radius 1 is 1.32 bits per heavy atom. The minimum Gasteiger partial charge on any atom is -0.316 e. The Morgan fingerprint density at radius 3 is 2.82 bits per heavy atom. The Morgan fingerprint density at radius 2 is 2.14 bits per heavy atom. The van der Waals surface area contributed by atoms with E-state index in [1.807, 2.05) is 6.07 Å². The molecule has 2 aromatic rings. The fraction of sp³-hybridized carbons (Fsp3) is 0.579. The number of hydrogen-bond donors (Lipinski definition) is 1. The number of fused-ring (bicyclic) bond motifs is 1. The summed E-state index contributed by atoms with van der Waals surface area (Å²) in [4.78, 5) is 0. The van der Waals surface area contributed by atoms with Crippen LogP contribution in [0.3, 0.4) is 0 Å². The molecular formula is C19H26FNS. The summed E-state index contributed by atoms with van der Waals surface area (Å²) in [7, 11) is 0. The van der Waals surface area contributed by atoms with Crippen molar-refractivity contribution in [1.82, 2.24) is 5.32 Å². The number of nitrogens with one attached hydrogen (secondary N) is 1. The molecule has 0 saturated carbocycles. The molecule has 0 spiro atoms. The number of benzene rings is 1. The number of halogens is 1. The second-order valence-corrected chi connectivity index (χ2v) is 8.98. The largest absolute Gasteiger partial charge is 0.316 e. The van der Waals surface area contributed by atoms with Gasteiger partial charge in [0.05, 0.1) is 0 Å². The Balaban J connectivity index is 1.85. The molecule has 1 aliphatic rings. The van der Waals surface area contributed by atoms with Crippen LogP contribution in [0.4, 0.5) is 4.39 Å². The van der Waals surface area contributed by atoms with E-state index >= 15 is 0 Å². The Hall–Kier alpha value is -0.930. The third-order valence-electron chi connectivity index (χ3n) is 4.92. The van der Waals surface area contributed by atoms with Crippen LogP contribution in [0, 0.1) is 16.6 Å². The van der Waals surface area contributed by atoms with Gasteiger partial charge in [0, 0.05) is 11.2 Å². The quantitative estimate of drug-likeness (QED) is 0.797. The summed E-state index contributed by atoms with van der Waals surface area (Å²) in [5.74, 6) is -0.125. The zero-order chi connectivity index (χ0) is 15.8. The van der Waals surface area contributed by atoms with Crippen molar-refractivity contribution in [2.75, 3.05) is 13.1 Å². The minimum absolute atomic E-state index is 0.125. The third kappa shape index (κ3) is 3.52. The number of hydrogen-bond acceptors (Lipinski definition) is 2. The van der Waals surface area contributed by atoms with E-state index in [0.29, 0.717) is 10.8 Å². The van der Waals surface area contributed by atoms with Crippen LogP contribution in [0.5, 0.6) is 0 Å². The van der Waals surface area contributed by atoms with Gasteiger partial charge in [-0.15, -0.1) is 11.3 Å². The molecule has 1 N–H and O–H groups in total. The molecule has 1 fully saturated rings. The normalized spacial score (nSPS) is 22.5. The molecule has 1 atom stereocenters. The van der Waals surface area contributed by atoms with Gasteiger partial charge in [-0.1, -0.05) is 20.8 Å². The molecule has 3 heteroatoms. The third-order valence-corrected chi connectivity index (χ3v) is 5.93. The van der Waals surface area contributed by atoms with Crippen LogP contribution in [-0.4, -0.2) is 13.1 Å². The molecule has 1 aromatic heterocycles. The number of thiophene rings is 1. The lowest BCUT2D eigenvalue weighted by Gasteiger charge is -2.31. The van der Waals surface area contributed by atoms with E-state index in [9.17, 15) is 4.39 Å². The van der Waals surface area contributed by atoms with Crippen molar-refractivity contribution >= 4 is 21.4 Å². The summed E-state index contributed by atoms with van der Waals surface area (Å²) in [6.45, 7) is 9.16. The standard InChI is InChI=1S/C19H26FNS/c1-18(2,3)6-7-19(8-9-21-13-19)11-14-12-22-17-5-4-15(20)10-16(14)17/h4-5,10,12,21H,6-9,11,13H2,1-3H3. The smallest absolute Gasteiger partial charge is 0.123 e. The summed E-state index contributed by atoms with van der Waals surface area (Å²) < 4.78 is 14.8. The van der Waals surface area contributed by atoms with E-state index in [-0.39, 0.29) is 5.82 Å². The maximum atomic E-state index is 13.6. The summed E-state index contributed by atoms with van der Waals surface area (Å²) in [5.41, 5.74) is 2.04. The van der Waals surface area contributed by atoms with Crippen LogP contribution >= 0.6 is 11.3 Å². The minimum atomic E-state index is -0.125. The van der Waals surface area contributed by atoms with Crippen LogP contribution < -0.4 is 5.32 Å². The van der Waals surface area contributed by atoms with Crippen molar-refractivity contribution in [2.24, 2.45) is 10.8 Å². The molecule has 1 nitrogen and oxygen atoms in total. The molecule has 22 heavy (non-hydrogen) atoms. The second kappa shape index (κ2) is 5.93. The zero-order valence-corrected chi connectivity index (χ0v) is 14.7. The van der Waals surface area contributed by atoms with Gasteiger partial charge in [0.1, 0.15) is 5.82 Å². The predicted octanol–water partition coefficient (Wildman–Crippen LogP) is 5.39. The van der Waals surface area contributed by atoms with Gasteiger partial charge in [-0.05, 0) is 77.6 Å². The first-order valence-electron chi connectivity index (χ1n) is 8.23. The van der Waals surface area contributed by atoms with Gasteiger partial charge in [0.25, 0.3) is 0 Å². The average molecular weight is 319 g/mol. The van der Waals surface area contributed by atoms with Gasteiger partial charge in [0.15, 0.2) is 0 Å². The zero-order valence-electron chi connectivity index (χ0n) is 13.8. The molecule has 0 bridgehead atoms. The summed E-state index contributed by atoms with van der Waals surface area (Å²) in [5, 5.41) is 6.91. The van der Waals surface area contributed by atoms with Crippen molar-refractivity contribution in [2.45, 2.75) is 46.5 Å². The predicted molar refractivity (Wildman–Crippen MR) is 94.1 cm³/mol. The van der Waals surface area contributed by atoms with Gasteiger partial charge in [0.2, 0.25) is 0 Å². The lowest BCUT2D eigenvalue weighted by Crippen LogP contribution is -2.28. The van der Waals surface area contributed by atoms with Crippen molar-refractivity contribution in [3.05, 3.63) is 35.0 Å². The van der Waals surface area contributed by atoms with Gasteiger partial charge in [-0.25, -0.2) is 4.39 Å². The molecular weight excluding hydrogens is 293 g/mol. The monoisotopic (exact) mass is 319 g/mol. The molecule has 2 heterocycles. The summed E-state index contributed by atoms with van der Waals surface area (Å²) in [6.07, 6.45) is 4.79. The second-order valence-electron chi connectivity index (χ2n) is 8.07. The Labute approximate surface area is 136 Å². The van der Waals surface area contributed by atoms with E-state index in [0.717, 1.165) is 24.9 Å². The molecule has 1 aliphatic heterocycles. The fourth-order valence-corrected chi connectivity index (χ4v) is 4.43. The average Bonchev–Trinajstić information content (AvgIpc) is 3.05. The van der Waals surface area contributed by atoms with Crippen molar-refractivity contribution < 1.29 is 4.39 Å². The fourth-order valence-electron chi connectivity index (χ4n) is 3.48. The first-order chi connectivity index (χ1) is 10.4. The van der Waals surface area contributed by atoms with Crippen molar-refractivity contribution in [1.29, 1.82) is 0 Å². The number of rotatable bonds is 4. The molecule has 1 aromatic carbocycles. The first kappa shape index (κ1) is 15.9. The maximum Gasteiger partial charge on any atom is 0.123 e. The maximum absolute atomic E-state index is 13.6. The van der Waals surface area contributed by atoms with Crippen LogP contribution in [0.25, 0.3) is 10.1 Å². The van der Waals surface area contributed by atoms with E-state index in [2.05, 4.69) is 31.5 Å². The molecule has 0 radical (unpaired) electrons. The van der Waals surface area contributed by atoms with Crippen molar-refractivity contribution in [3.8, 4) is 0 Å². The van der Waals surface area contributed by atoms with Gasteiger partial charge in [-0.2, -0.15) is 0 Å². The lowest BCUT2D eigenvalue weighted by molar-refractivity contribution is 0.232. The first-order valence-corrected chi connectivity index (χ1v) is 9.11. The molecule has 0 amide bonds. The molecule has 1 saturated heterocycles. The molecule has 3 rings (SSSR count). The Kier molecular flexibility index (Phi) is 4.30. The summed E-state index contributed by atoms with van der Waals surface area (Å²) in [6, 6.07) is 5.18. The van der Waals surface area contributed by atoms with Gasteiger partial charge < -0.3 is 5.32 Å². The van der Waals surface area contributed by atoms with Crippen LogP contribution in [0.2, 0.25) is 0 Å². The van der Waals surface area contributed by atoms with E-state index < -0.39 is 0 Å². The van der Waals surface area contributed by atoms with Crippen molar-refractivity contribution in [3.63, 3.8) is 0 Å². The molecule has 0 aliphatic carbocycles. The van der Waals surface area contributed by atoms with E-state index in [1.165, 1.54) is 29.5 Å². The highest BCUT2D eigenvalue weighted by Gasteiger charge is 2.35. The molecule has 120 valence electrons. The van der Waals surface area contributed by atoms with Crippen LogP contribution in [0.1, 0.15) is 45.6 Å². The van der Waals surface area contributed by atoms with Gasteiger partial charge >= 0.3 is 0 Å². The lowest BCUT2D eigenvalue weighted by atomic mass is 9.73. The topological polar surface area (TPSA) is 12.0 Å². The Bertz CT molecular complexity index is 647. The highest BCUT2D eigenvalue weighted by molar-refractivity contribution is 7.17. The van der Waals surface area contributed by atoms with Gasteiger partial charge in [-0.3, -0.25) is 0 Å². The highest BCUT2D eigenvalue weighted by Crippen LogP contribution is 2.41. The summed E-state index contributed by atoms with van der Waals surface area (Å²) >= 11 is 1.74. The van der Waals surface area contributed by atoms with E-state index in [1.54, 1.807) is 23.5 Å².